The zero-order valence-electron chi connectivity index (χ0n) is 10.3. The van der Waals surface area contributed by atoms with E-state index in [1.54, 1.807) is 4.90 Å². The lowest BCUT2D eigenvalue weighted by molar-refractivity contribution is -0.160. The fourth-order valence-corrected chi connectivity index (χ4v) is 2.32. The maximum Gasteiger partial charge on any atom is 0.334 e. The lowest BCUT2D eigenvalue weighted by Crippen LogP contribution is -2.49. The molecule has 2 heterocycles. The van der Waals surface area contributed by atoms with Crippen LogP contribution in [0.2, 0.25) is 0 Å². The van der Waals surface area contributed by atoms with Crippen molar-refractivity contribution in [2.45, 2.75) is 37.9 Å². The van der Waals surface area contributed by atoms with Gasteiger partial charge in [0, 0.05) is 13.2 Å². The molecule has 2 atom stereocenters. The van der Waals surface area contributed by atoms with Crippen molar-refractivity contribution in [1.29, 1.82) is 0 Å². The average Bonchev–Trinajstić information content (AvgIpc) is 2.40. The summed E-state index contributed by atoms with van der Waals surface area (Å²) in [5, 5.41) is 8.87. The fraction of sp³-hybridized carbons (Fsp3) is 0.833. The van der Waals surface area contributed by atoms with E-state index in [0.29, 0.717) is 13.0 Å². The minimum atomic E-state index is -1.01. The van der Waals surface area contributed by atoms with Crippen molar-refractivity contribution in [3.8, 4) is 0 Å². The molecule has 0 aliphatic carbocycles. The van der Waals surface area contributed by atoms with Gasteiger partial charge in [0.2, 0.25) is 5.91 Å². The highest BCUT2D eigenvalue weighted by atomic mass is 16.5. The number of carboxylic acid groups (broad SMARTS) is 1. The summed E-state index contributed by atoms with van der Waals surface area (Å²) in [6.45, 7) is 1.61. The maximum atomic E-state index is 12.0. The molecule has 0 aromatic carbocycles. The molecule has 6 heteroatoms. The van der Waals surface area contributed by atoms with Crippen LogP contribution in [0.5, 0.6) is 0 Å². The Morgan fingerprint density at radius 3 is 2.72 bits per heavy atom. The summed E-state index contributed by atoms with van der Waals surface area (Å²) in [5.74, 6) is -1.04. The molecule has 0 bridgehead atoms. The van der Waals surface area contributed by atoms with Crippen molar-refractivity contribution in [1.82, 2.24) is 4.90 Å². The summed E-state index contributed by atoms with van der Waals surface area (Å²) >= 11 is 0. The van der Waals surface area contributed by atoms with Crippen molar-refractivity contribution in [3.63, 3.8) is 0 Å². The lowest BCUT2D eigenvalue weighted by atomic mass is 10.1. The van der Waals surface area contributed by atoms with Crippen molar-refractivity contribution < 1.29 is 24.2 Å². The molecule has 2 saturated heterocycles. The molecule has 0 spiro atoms. The summed E-state index contributed by atoms with van der Waals surface area (Å²) in [5.41, 5.74) is 0. The van der Waals surface area contributed by atoms with E-state index in [-0.39, 0.29) is 25.2 Å². The van der Waals surface area contributed by atoms with E-state index in [1.807, 2.05) is 0 Å². The van der Waals surface area contributed by atoms with Gasteiger partial charge < -0.3 is 19.5 Å². The fourth-order valence-electron chi connectivity index (χ4n) is 2.32. The first-order chi connectivity index (χ1) is 8.66. The van der Waals surface area contributed by atoms with Crippen molar-refractivity contribution >= 4 is 11.9 Å². The van der Waals surface area contributed by atoms with Gasteiger partial charge in [0.1, 0.15) is 0 Å². The number of ether oxygens (including phenoxy) is 2. The molecule has 0 radical (unpaired) electrons. The molecule has 1 amide bonds. The topological polar surface area (TPSA) is 76.1 Å². The quantitative estimate of drug-likeness (QED) is 0.784. The van der Waals surface area contributed by atoms with Gasteiger partial charge >= 0.3 is 5.97 Å². The first-order valence-electron chi connectivity index (χ1n) is 6.40. The van der Waals surface area contributed by atoms with Gasteiger partial charge in [-0.25, -0.2) is 4.79 Å². The normalized spacial score (nSPS) is 29.0. The van der Waals surface area contributed by atoms with Crippen LogP contribution in [0.15, 0.2) is 0 Å². The summed E-state index contributed by atoms with van der Waals surface area (Å²) in [7, 11) is 0. The van der Waals surface area contributed by atoms with Crippen LogP contribution in [0.3, 0.4) is 0 Å². The Morgan fingerprint density at radius 2 is 2.06 bits per heavy atom. The van der Waals surface area contributed by atoms with Gasteiger partial charge in [0.05, 0.1) is 25.7 Å². The predicted molar refractivity (Wildman–Crippen MR) is 62.2 cm³/mol. The average molecular weight is 257 g/mol. The first-order valence-corrected chi connectivity index (χ1v) is 6.40. The highest BCUT2D eigenvalue weighted by molar-refractivity contribution is 5.79. The van der Waals surface area contributed by atoms with Crippen LogP contribution in [0, 0.1) is 0 Å². The Kier molecular flexibility index (Phi) is 4.54. The lowest BCUT2D eigenvalue weighted by Gasteiger charge is -2.32. The van der Waals surface area contributed by atoms with E-state index >= 15 is 0 Å². The molecule has 1 N–H and O–H groups in total. The molecule has 2 aliphatic rings. The van der Waals surface area contributed by atoms with Crippen LogP contribution < -0.4 is 0 Å². The van der Waals surface area contributed by atoms with Gasteiger partial charge in [-0.15, -0.1) is 0 Å². The standard InChI is InChI=1S/C12H19NO5/c14-11(7-9-3-1-2-5-17-9)13-4-6-18-10(8-13)12(15)16/h9-10H,1-8H2,(H,15,16)/t9-,10-/m0/s1. The Bertz CT molecular complexity index is 314. The number of amides is 1. The molecule has 2 rings (SSSR count). The third kappa shape index (κ3) is 3.43. The number of hydrogen-bond acceptors (Lipinski definition) is 4. The number of rotatable bonds is 3. The number of carbonyl (C=O) groups excluding carboxylic acids is 1. The highest BCUT2D eigenvalue weighted by Gasteiger charge is 2.30. The molecular weight excluding hydrogens is 238 g/mol. The molecule has 2 aliphatic heterocycles. The molecule has 102 valence electrons. The smallest absolute Gasteiger partial charge is 0.334 e. The second-order valence-corrected chi connectivity index (χ2v) is 4.73. The van der Waals surface area contributed by atoms with E-state index in [1.165, 1.54) is 0 Å². The number of morpholine rings is 1. The van der Waals surface area contributed by atoms with Gasteiger partial charge in [-0.05, 0) is 19.3 Å². The Morgan fingerprint density at radius 1 is 1.22 bits per heavy atom. The van der Waals surface area contributed by atoms with Crippen molar-refractivity contribution in [2.75, 3.05) is 26.3 Å². The van der Waals surface area contributed by atoms with E-state index in [9.17, 15) is 9.59 Å². The molecular formula is C12H19NO5. The van der Waals surface area contributed by atoms with Gasteiger partial charge in [0.25, 0.3) is 0 Å². The van der Waals surface area contributed by atoms with Crippen LogP contribution in [0.4, 0.5) is 0 Å². The Labute approximate surface area is 106 Å². The monoisotopic (exact) mass is 257 g/mol. The van der Waals surface area contributed by atoms with Gasteiger partial charge in [-0.3, -0.25) is 4.79 Å². The molecule has 0 saturated carbocycles. The molecule has 2 fully saturated rings. The highest BCUT2D eigenvalue weighted by Crippen LogP contribution is 2.17. The zero-order chi connectivity index (χ0) is 13.0. The number of carboxylic acids is 1. The molecule has 18 heavy (non-hydrogen) atoms. The first kappa shape index (κ1) is 13.3. The Balaban J connectivity index is 1.82. The summed E-state index contributed by atoms with van der Waals surface area (Å²) in [6.07, 6.45) is 2.53. The summed E-state index contributed by atoms with van der Waals surface area (Å²) in [6, 6.07) is 0. The van der Waals surface area contributed by atoms with Crippen LogP contribution in [-0.4, -0.2) is 60.4 Å². The van der Waals surface area contributed by atoms with Crippen LogP contribution >= 0.6 is 0 Å². The number of hydrogen-bond donors (Lipinski definition) is 1. The van der Waals surface area contributed by atoms with Crippen LogP contribution in [-0.2, 0) is 19.1 Å². The van der Waals surface area contributed by atoms with Gasteiger partial charge in [-0.1, -0.05) is 0 Å². The minimum Gasteiger partial charge on any atom is -0.479 e. The summed E-state index contributed by atoms with van der Waals surface area (Å²) in [4.78, 5) is 24.4. The molecule has 6 nitrogen and oxygen atoms in total. The van der Waals surface area contributed by atoms with Crippen LogP contribution in [0.1, 0.15) is 25.7 Å². The third-order valence-corrected chi connectivity index (χ3v) is 3.37. The second-order valence-electron chi connectivity index (χ2n) is 4.73. The zero-order valence-corrected chi connectivity index (χ0v) is 10.3. The second kappa shape index (κ2) is 6.15. The van der Waals surface area contributed by atoms with E-state index in [2.05, 4.69) is 0 Å². The SMILES string of the molecule is O=C(O)[C@@H]1CN(C(=O)C[C@@H]2CCCCO2)CCO1. The predicted octanol–water partition coefficient (Wildman–Crippen LogP) is 0.258. The van der Waals surface area contributed by atoms with E-state index in [4.69, 9.17) is 14.6 Å². The van der Waals surface area contributed by atoms with Gasteiger partial charge in [-0.2, -0.15) is 0 Å². The number of aliphatic carboxylic acids is 1. The third-order valence-electron chi connectivity index (χ3n) is 3.37. The minimum absolute atomic E-state index is 0.00243. The van der Waals surface area contributed by atoms with Crippen molar-refractivity contribution in [3.05, 3.63) is 0 Å². The summed E-state index contributed by atoms with van der Waals surface area (Å²) < 4.78 is 10.6. The van der Waals surface area contributed by atoms with E-state index in [0.717, 1.165) is 25.9 Å². The number of carbonyl (C=O) groups is 2. The van der Waals surface area contributed by atoms with E-state index < -0.39 is 12.1 Å². The van der Waals surface area contributed by atoms with Crippen molar-refractivity contribution in [2.24, 2.45) is 0 Å². The Hall–Kier alpha value is -1.14. The largest absolute Gasteiger partial charge is 0.479 e. The van der Waals surface area contributed by atoms with Gasteiger partial charge in [0.15, 0.2) is 6.10 Å². The van der Waals surface area contributed by atoms with Crippen LogP contribution in [0.25, 0.3) is 0 Å². The number of nitrogens with zero attached hydrogens (tertiary/aromatic N) is 1. The molecule has 0 unspecified atom stereocenters. The maximum absolute atomic E-state index is 12.0. The molecule has 0 aromatic rings. The molecule has 0 aromatic heterocycles.